The number of rotatable bonds is 6. The monoisotopic (exact) mass is 447 g/mol. The minimum Gasteiger partial charge on any atom is -0.442 e. The number of benzene rings is 1. The lowest BCUT2D eigenvalue weighted by molar-refractivity contribution is -0.133. The highest BCUT2D eigenvalue weighted by Crippen LogP contribution is 2.25. The van der Waals surface area contributed by atoms with Gasteiger partial charge in [0.15, 0.2) is 0 Å². The second-order valence-electron chi connectivity index (χ2n) is 7.37. The van der Waals surface area contributed by atoms with Gasteiger partial charge in [-0.15, -0.1) is 11.3 Å². The van der Waals surface area contributed by atoms with Crippen LogP contribution in [0.5, 0.6) is 0 Å². The van der Waals surface area contributed by atoms with E-state index < -0.39 is 12.2 Å². The van der Waals surface area contributed by atoms with E-state index in [0.717, 1.165) is 30.6 Å². The van der Waals surface area contributed by atoms with Crippen molar-refractivity contribution in [3.8, 4) is 0 Å². The third-order valence-electron chi connectivity index (χ3n) is 5.18. The maximum absolute atomic E-state index is 12.4. The van der Waals surface area contributed by atoms with Gasteiger partial charge in [-0.3, -0.25) is 14.5 Å². The maximum atomic E-state index is 12.4. The van der Waals surface area contributed by atoms with Crippen LogP contribution in [-0.2, 0) is 16.1 Å². The molecule has 3 heterocycles. The average Bonchev–Trinajstić information content (AvgIpc) is 3.34. The molecule has 4 rings (SSSR count). The summed E-state index contributed by atoms with van der Waals surface area (Å²) in [6.07, 6.45) is 1.69. The fraction of sp³-hybridized carbons (Fsp3) is 0.381. The first-order chi connectivity index (χ1) is 14.5. The molecular formula is C21H22ClN3O4S. The summed E-state index contributed by atoms with van der Waals surface area (Å²) in [7, 11) is 0. The first-order valence-electron chi connectivity index (χ1n) is 9.88. The lowest BCUT2D eigenvalue weighted by Crippen LogP contribution is -2.35. The molecular weight excluding hydrogens is 426 g/mol. The molecule has 30 heavy (non-hydrogen) atoms. The number of ether oxygens (including phenoxy) is 1. The van der Waals surface area contributed by atoms with Crippen molar-refractivity contribution in [1.82, 2.24) is 10.2 Å². The zero-order chi connectivity index (χ0) is 21.1. The Morgan fingerprint density at radius 1 is 1.23 bits per heavy atom. The molecule has 7 nitrogen and oxygen atoms in total. The van der Waals surface area contributed by atoms with Gasteiger partial charge in [0.25, 0.3) is 5.91 Å². The molecule has 0 unspecified atom stereocenters. The van der Waals surface area contributed by atoms with Crippen molar-refractivity contribution < 1.29 is 19.1 Å². The molecule has 2 fully saturated rings. The lowest BCUT2D eigenvalue weighted by atomic mass is 10.1. The summed E-state index contributed by atoms with van der Waals surface area (Å²) in [6, 6.07) is 10.9. The summed E-state index contributed by atoms with van der Waals surface area (Å²) in [6.45, 7) is 1.87. The molecule has 2 aromatic rings. The summed E-state index contributed by atoms with van der Waals surface area (Å²) < 4.78 is 5.96. The standard InChI is InChI=1S/C21H22ClN3O4S/c22-18-8-7-17(30-18)20(27)23-11-16-13-25(21(28)29-16)15-5-3-4-14(10-15)12-24-9-2-1-6-19(24)26/h3-5,7-8,10,16H,1-2,6,9,11-13H2,(H,23,27)/t16-/m1/s1. The Balaban J connectivity index is 1.35. The van der Waals surface area contributed by atoms with Gasteiger partial charge in [-0.2, -0.15) is 0 Å². The highest BCUT2D eigenvalue weighted by atomic mass is 35.5. The number of hydrogen-bond donors (Lipinski definition) is 1. The Bertz CT molecular complexity index is 963. The van der Waals surface area contributed by atoms with Crippen molar-refractivity contribution >= 4 is 46.5 Å². The summed E-state index contributed by atoms with van der Waals surface area (Å²) in [5.74, 6) is -0.0651. The highest BCUT2D eigenvalue weighted by Gasteiger charge is 2.33. The van der Waals surface area contributed by atoms with Crippen molar-refractivity contribution in [3.05, 3.63) is 51.2 Å². The van der Waals surface area contributed by atoms with Crippen LogP contribution >= 0.6 is 22.9 Å². The highest BCUT2D eigenvalue weighted by molar-refractivity contribution is 7.18. The van der Waals surface area contributed by atoms with Crippen LogP contribution in [0.3, 0.4) is 0 Å². The van der Waals surface area contributed by atoms with Crippen molar-refractivity contribution in [3.63, 3.8) is 0 Å². The van der Waals surface area contributed by atoms with Gasteiger partial charge in [0, 0.05) is 25.2 Å². The van der Waals surface area contributed by atoms with E-state index in [2.05, 4.69) is 5.32 Å². The summed E-state index contributed by atoms with van der Waals surface area (Å²) in [5, 5.41) is 2.78. The molecule has 2 aliphatic rings. The Morgan fingerprint density at radius 2 is 2.10 bits per heavy atom. The van der Waals surface area contributed by atoms with E-state index in [9.17, 15) is 14.4 Å². The van der Waals surface area contributed by atoms with Crippen LogP contribution < -0.4 is 10.2 Å². The first-order valence-corrected chi connectivity index (χ1v) is 11.1. The quantitative estimate of drug-likeness (QED) is 0.732. The fourth-order valence-electron chi connectivity index (χ4n) is 3.64. The average molecular weight is 448 g/mol. The number of hydrogen-bond acceptors (Lipinski definition) is 5. The van der Waals surface area contributed by atoms with E-state index in [4.69, 9.17) is 16.3 Å². The molecule has 2 aliphatic heterocycles. The summed E-state index contributed by atoms with van der Waals surface area (Å²) in [4.78, 5) is 40.5. The number of nitrogens with zero attached hydrogens (tertiary/aromatic N) is 2. The van der Waals surface area contributed by atoms with Crippen LogP contribution in [-0.4, -0.2) is 48.5 Å². The second-order valence-corrected chi connectivity index (χ2v) is 9.09. The number of nitrogens with one attached hydrogen (secondary N) is 1. The number of halogens is 1. The van der Waals surface area contributed by atoms with Crippen LogP contribution in [0.4, 0.5) is 10.5 Å². The Morgan fingerprint density at radius 3 is 2.87 bits per heavy atom. The van der Waals surface area contributed by atoms with Gasteiger partial charge in [-0.05, 0) is 42.7 Å². The summed E-state index contributed by atoms with van der Waals surface area (Å²) >= 11 is 7.06. The van der Waals surface area contributed by atoms with E-state index >= 15 is 0 Å². The molecule has 3 amide bonds. The number of piperidine rings is 1. The van der Waals surface area contributed by atoms with Gasteiger partial charge >= 0.3 is 6.09 Å². The summed E-state index contributed by atoms with van der Waals surface area (Å²) in [5.41, 5.74) is 1.70. The first kappa shape index (κ1) is 20.7. The lowest BCUT2D eigenvalue weighted by Gasteiger charge is -2.27. The molecule has 1 atom stereocenters. The van der Waals surface area contributed by atoms with Crippen LogP contribution in [0.2, 0.25) is 4.34 Å². The van der Waals surface area contributed by atoms with Gasteiger partial charge in [0.2, 0.25) is 5.91 Å². The molecule has 0 aliphatic carbocycles. The number of likely N-dealkylation sites (tertiary alicyclic amines) is 1. The predicted molar refractivity (Wildman–Crippen MR) is 115 cm³/mol. The topological polar surface area (TPSA) is 79.0 Å². The van der Waals surface area contributed by atoms with Gasteiger partial charge in [-0.25, -0.2) is 4.79 Å². The molecule has 9 heteroatoms. The molecule has 2 saturated heterocycles. The smallest absolute Gasteiger partial charge is 0.414 e. The van der Waals surface area contributed by atoms with Crippen LogP contribution in [0.25, 0.3) is 0 Å². The van der Waals surface area contributed by atoms with Gasteiger partial charge in [0.05, 0.1) is 22.3 Å². The molecule has 0 radical (unpaired) electrons. The van der Waals surface area contributed by atoms with Crippen LogP contribution in [0.1, 0.15) is 34.5 Å². The largest absolute Gasteiger partial charge is 0.442 e. The second kappa shape index (κ2) is 9.06. The SMILES string of the molecule is O=C(NC[C@@H]1CN(c2cccc(CN3CCCCC3=O)c2)C(=O)O1)c1ccc(Cl)s1. The van der Waals surface area contributed by atoms with Crippen LogP contribution in [0, 0.1) is 0 Å². The maximum Gasteiger partial charge on any atom is 0.414 e. The van der Waals surface area contributed by atoms with Gasteiger partial charge < -0.3 is 15.0 Å². The molecule has 0 saturated carbocycles. The van der Waals surface area contributed by atoms with E-state index in [1.54, 1.807) is 17.0 Å². The number of cyclic esters (lactones) is 1. The Labute approximate surface area is 183 Å². The van der Waals surface area contributed by atoms with Crippen molar-refractivity contribution in [2.24, 2.45) is 0 Å². The van der Waals surface area contributed by atoms with Crippen molar-refractivity contribution in [1.29, 1.82) is 0 Å². The Hall–Kier alpha value is -2.58. The zero-order valence-corrected chi connectivity index (χ0v) is 17.9. The van der Waals surface area contributed by atoms with Crippen molar-refractivity contribution in [2.45, 2.75) is 31.9 Å². The Kier molecular flexibility index (Phi) is 6.24. The van der Waals surface area contributed by atoms with E-state index in [-0.39, 0.29) is 18.4 Å². The molecule has 1 aromatic heterocycles. The minimum absolute atomic E-state index is 0.176. The minimum atomic E-state index is -0.445. The zero-order valence-electron chi connectivity index (χ0n) is 16.3. The molecule has 0 spiro atoms. The van der Waals surface area contributed by atoms with Gasteiger partial charge in [-0.1, -0.05) is 23.7 Å². The predicted octanol–water partition coefficient (Wildman–Crippen LogP) is 3.67. The number of thiophene rings is 1. The fourth-order valence-corrected chi connectivity index (χ4v) is 4.60. The van der Waals surface area contributed by atoms with Crippen LogP contribution in [0.15, 0.2) is 36.4 Å². The molecule has 1 aromatic carbocycles. The number of carbonyl (C=O) groups is 3. The van der Waals surface area contributed by atoms with E-state index in [1.165, 1.54) is 11.3 Å². The third kappa shape index (κ3) is 4.76. The number of carbonyl (C=O) groups excluding carboxylic acids is 3. The normalized spacial score (nSPS) is 19.2. The molecule has 0 bridgehead atoms. The van der Waals surface area contributed by atoms with Crippen molar-refractivity contribution in [2.75, 3.05) is 24.5 Å². The number of anilines is 1. The van der Waals surface area contributed by atoms with Gasteiger partial charge in [0.1, 0.15) is 6.10 Å². The number of amides is 3. The van der Waals surface area contributed by atoms with E-state index in [1.807, 2.05) is 29.2 Å². The third-order valence-corrected chi connectivity index (χ3v) is 6.41. The molecule has 1 N–H and O–H groups in total. The molecule has 158 valence electrons. The van der Waals surface area contributed by atoms with E-state index in [0.29, 0.717) is 28.7 Å².